The van der Waals surface area contributed by atoms with Crippen LogP contribution in [0.1, 0.15) is 0 Å². The molecule has 1 N–H and O–H groups in total. The van der Waals surface area contributed by atoms with Crippen molar-refractivity contribution in [1.82, 2.24) is 4.98 Å². The van der Waals surface area contributed by atoms with Gasteiger partial charge in [0.05, 0.1) is 0 Å². The number of pyridine rings is 1. The van der Waals surface area contributed by atoms with Gasteiger partial charge in [0, 0.05) is 12.4 Å². The summed E-state index contributed by atoms with van der Waals surface area (Å²) in [4.78, 5) is 3.78. The summed E-state index contributed by atoms with van der Waals surface area (Å²) in [5, 5.41) is -7.59. The normalized spacial score (nSPS) is 14.8. The Morgan fingerprint density at radius 3 is 1.23 bits per heavy atom. The van der Waals surface area contributed by atoms with Crippen LogP contribution in [0.4, 0.5) is 61.5 Å². The Balaban J connectivity index is 0.00000127. The van der Waals surface area contributed by atoms with Crippen LogP contribution in [0.15, 0.2) is 30.6 Å². The van der Waals surface area contributed by atoms with Crippen LogP contribution in [0.2, 0.25) is 0 Å². The molecule has 0 unspecified atom stereocenters. The van der Waals surface area contributed by atoms with E-state index < -0.39 is 51.4 Å². The molecule has 0 spiro atoms. The first-order valence-electron chi connectivity index (χ1n) is 6.81. The van der Waals surface area contributed by atoms with Crippen LogP contribution in [0.25, 0.3) is 0 Å². The SMILES string of the molecule is O=S(=O)(O)C(F)(F)C(F)(F)C(F)(F)C(F)(F)C(F)(F)C(F)(F)C(F)F.c1ccncc1. The summed E-state index contributed by atoms with van der Waals surface area (Å²) >= 11 is 0. The molecule has 4 nitrogen and oxygen atoms in total. The van der Waals surface area contributed by atoms with Crippen LogP contribution >= 0.6 is 0 Å². The highest BCUT2D eigenvalue weighted by Crippen LogP contribution is 2.61. The van der Waals surface area contributed by atoms with Gasteiger partial charge < -0.3 is 0 Å². The van der Waals surface area contributed by atoms with Crippen molar-refractivity contribution in [2.75, 3.05) is 0 Å². The van der Waals surface area contributed by atoms with E-state index in [1.54, 1.807) is 12.4 Å². The van der Waals surface area contributed by atoms with Crippen LogP contribution in [-0.4, -0.2) is 59.2 Å². The molecule has 182 valence electrons. The molecule has 0 saturated carbocycles. The highest BCUT2D eigenvalue weighted by atomic mass is 32.2. The minimum Gasteiger partial charge on any atom is -0.281 e. The highest BCUT2D eigenvalue weighted by Gasteiger charge is 2.92. The summed E-state index contributed by atoms with van der Waals surface area (Å²) in [5.74, 6) is -40.3. The van der Waals surface area contributed by atoms with Crippen molar-refractivity contribution in [2.24, 2.45) is 0 Å². The van der Waals surface area contributed by atoms with E-state index in [0.29, 0.717) is 0 Å². The van der Waals surface area contributed by atoms with Crippen molar-refractivity contribution in [2.45, 2.75) is 41.3 Å². The van der Waals surface area contributed by atoms with Gasteiger partial charge in [0.1, 0.15) is 0 Å². The lowest BCUT2D eigenvalue weighted by Gasteiger charge is -2.40. The molecule has 1 aromatic rings. The van der Waals surface area contributed by atoms with Crippen LogP contribution in [0, 0.1) is 0 Å². The highest BCUT2D eigenvalue weighted by molar-refractivity contribution is 7.87. The zero-order valence-electron chi connectivity index (χ0n) is 13.9. The summed E-state index contributed by atoms with van der Waals surface area (Å²) in [5.41, 5.74) is 0. The zero-order valence-corrected chi connectivity index (χ0v) is 14.7. The molecule has 0 amide bonds. The topological polar surface area (TPSA) is 67.3 Å². The number of aromatic nitrogens is 1. The lowest BCUT2D eigenvalue weighted by atomic mass is 9.94. The molecule has 0 bridgehead atoms. The minimum absolute atomic E-state index is 1.75. The molecular formula is C12H7F14NO3S. The van der Waals surface area contributed by atoms with Crippen molar-refractivity contribution < 1.29 is 74.4 Å². The Morgan fingerprint density at radius 2 is 1.00 bits per heavy atom. The second-order valence-electron chi connectivity index (χ2n) is 5.24. The fraction of sp³-hybridized carbons (Fsp3) is 0.583. The lowest BCUT2D eigenvalue weighted by Crippen LogP contribution is -2.72. The molecule has 0 aromatic carbocycles. The van der Waals surface area contributed by atoms with E-state index in [4.69, 9.17) is 4.55 Å². The molecule has 0 fully saturated rings. The fourth-order valence-electron chi connectivity index (χ4n) is 1.40. The van der Waals surface area contributed by atoms with Crippen LogP contribution in [0.3, 0.4) is 0 Å². The van der Waals surface area contributed by atoms with E-state index in [0.717, 1.165) is 0 Å². The Bertz CT molecular complexity index is 801. The maximum absolute atomic E-state index is 12.9. The summed E-state index contributed by atoms with van der Waals surface area (Å²) in [6.45, 7) is 0. The smallest absolute Gasteiger partial charge is 0.281 e. The van der Waals surface area contributed by atoms with Gasteiger partial charge in [-0.25, -0.2) is 8.78 Å². The lowest BCUT2D eigenvalue weighted by molar-refractivity contribution is -0.425. The molecule has 0 aliphatic heterocycles. The number of rotatable bonds is 7. The summed E-state index contributed by atoms with van der Waals surface area (Å²) in [6.07, 6.45) is -2.35. The molecule has 0 aliphatic carbocycles. The van der Waals surface area contributed by atoms with Gasteiger partial charge >= 0.3 is 51.4 Å². The third kappa shape index (κ3) is 4.65. The summed E-state index contributed by atoms with van der Waals surface area (Å²) < 4.78 is 203. The van der Waals surface area contributed by atoms with Gasteiger partial charge in [-0.3, -0.25) is 9.54 Å². The molecule has 19 heteroatoms. The van der Waals surface area contributed by atoms with Gasteiger partial charge in [-0.15, -0.1) is 0 Å². The van der Waals surface area contributed by atoms with Gasteiger partial charge in [0.25, 0.3) is 0 Å². The second-order valence-corrected chi connectivity index (χ2v) is 6.70. The molecule has 31 heavy (non-hydrogen) atoms. The van der Waals surface area contributed by atoms with Crippen molar-refractivity contribution >= 4 is 10.1 Å². The molecule has 0 aliphatic rings. The van der Waals surface area contributed by atoms with Crippen molar-refractivity contribution in [3.05, 3.63) is 30.6 Å². The number of hydrogen-bond donors (Lipinski definition) is 1. The monoisotopic (exact) mass is 511 g/mol. The van der Waals surface area contributed by atoms with E-state index in [1.165, 1.54) is 0 Å². The Hall–Kier alpha value is -1.92. The number of nitrogens with zero attached hydrogens (tertiary/aromatic N) is 1. The van der Waals surface area contributed by atoms with Gasteiger partial charge in [0.2, 0.25) is 0 Å². The van der Waals surface area contributed by atoms with E-state index in [9.17, 15) is 69.9 Å². The van der Waals surface area contributed by atoms with Gasteiger partial charge in [0.15, 0.2) is 0 Å². The number of halogens is 14. The van der Waals surface area contributed by atoms with E-state index in [1.807, 2.05) is 18.2 Å². The average Bonchev–Trinajstić information content (AvgIpc) is 2.61. The molecule has 0 saturated heterocycles. The first-order chi connectivity index (χ1) is 13.4. The number of alkyl halides is 14. The second kappa shape index (κ2) is 8.55. The largest absolute Gasteiger partial charge is 0.438 e. The third-order valence-corrected chi connectivity index (χ3v) is 4.04. The summed E-state index contributed by atoms with van der Waals surface area (Å²) in [7, 11) is -7.68. The fourth-order valence-corrected chi connectivity index (χ4v) is 1.85. The molecular weight excluding hydrogens is 504 g/mol. The summed E-state index contributed by atoms with van der Waals surface area (Å²) in [6, 6.07) is 5.72. The predicted molar refractivity (Wildman–Crippen MR) is 71.5 cm³/mol. The molecule has 1 heterocycles. The van der Waals surface area contributed by atoms with Crippen molar-refractivity contribution in [3.8, 4) is 0 Å². The Labute approximate surface area is 162 Å². The molecule has 1 rings (SSSR count). The van der Waals surface area contributed by atoms with Crippen LogP contribution in [0.5, 0.6) is 0 Å². The van der Waals surface area contributed by atoms with Crippen molar-refractivity contribution in [3.63, 3.8) is 0 Å². The maximum atomic E-state index is 12.9. The first-order valence-corrected chi connectivity index (χ1v) is 8.25. The quantitative estimate of drug-likeness (QED) is 0.414. The molecule has 0 atom stereocenters. The van der Waals surface area contributed by atoms with Crippen LogP contribution in [-0.2, 0) is 10.1 Å². The van der Waals surface area contributed by atoms with Crippen molar-refractivity contribution in [1.29, 1.82) is 0 Å². The average molecular weight is 511 g/mol. The third-order valence-electron chi connectivity index (χ3n) is 3.13. The Morgan fingerprint density at radius 1 is 0.645 bits per heavy atom. The zero-order chi connectivity index (χ0) is 25.3. The standard InChI is InChI=1S/C7H2F14O3S.C5H5N/c8-1(9)2(10,11)3(12,13)4(14,15)5(16,17)6(18,19)7(20,21)25(22,23)24;1-2-4-6-5-3-1/h1H,(H,22,23,24);1-5H. The molecule has 0 radical (unpaired) electrons. The van der Waals surface area contributed by atoms with E-state index >= 15 is 0 Å². The Kier molecular flexibility index (Phi) is 8.02. The van der Waals surface area contributed by atoms with Gasteiger partial charge in [-0.1, -0.05) is 6.07 Å². The molecule has 1 aromatic heterocycles. The minimum atomic E-state index is -8.36. The van der Waals surface area contributed by atoms with Crippen LogP contribution < -0.4 is 0 Å². The van der Waals surface area contributed by atoms with Gasteiger partial charge in [-0.2, -0.15) is 61.1 Å². The van der Waals surface area contributed by atoms with Gasteiger partial charge in [-0.05, 0) is 12.1 Å². The van der Waals surface area contributed by atoms with E-state index in [-0.39, 0.29) is 0 Å². The number of hydrogen-bond acceptors (Lipinski definition) is 3. The first kappa shape index (κ1) is 29.1. The maximum Gasteiger partial charge on any atom is 0.438 e. The van der Waals surface area contributed by atoms with E-state index in [2.05, 4.69) is 4.98 Å². The predicted octanol–water partition coefficient (Wildman–Crippen LogP) is 4.99.